The van der Waals surface area contributed by atoms with Crippen molar-refractivity contribution in [2.75, 3.05) is 6.54 Å². The first-order chi connectivity index (χ1) is 9.91. The average Bonchev–Trinajstić information content (AvgIpc) is 2.64. The van der Waals surface area contributed by atoms with E-state index in [0.29, 0.717) is 6.54 Å². The molecule has 1 aromatic rings. The van der Waals surface area contributed by atoms with Crippen molar-refractivity contribution in [1.82, 2.24) is 15.1 Å². The molecule has 5 nitrogen and oxygen atoms in total. The minimum Gasteiger partial charge on any atom is -0.388 e. The number of aliphatic hydroxyl groups is 1. The Bertz CT molecular complexity index is 488. The Morgan fingerprint density at radius 2 is 2.00 bits per heavy atom. The lowest BCUT2D eigenvalue weighted by molar-refractivity contribution is -0.125. The van der Waals surface area contributed by atoms with Crippen LogP contribution in [-0.2, 0) is 4.79 Å². The van der Waals surface area contributed by atoms with Crippen LogP contribution in [0.15, 0.2) is 6.07 Å². The molecule has 1 saturated carbocycles. The molecule has 0 bridgehead atoms. The number of carbonyl (C=O) groups excluding carboxylic acids is 1. The number of aromatic nitrogens is 2. The molecule has 0 saturated heterocycles. The molecule has 5 heteroatoms. The van der Waals surface area contributed by atoms with Gasteiger partial charge in [-0.25, -0.2) is 0 Å². The Morgan fingerprint density at radius 1 is 1.38 bits per heavy atom. The molecule has 1 amide bonds. The lowest BCUT2D eigenvalue weighted by atomic mass is 9.94. The maximum atomic E-state index is 12.3. The highest BCUT2D eigenvalue weighted by atomic mass is 16.3. The zero-order valence-electron chi connectivity index (χ0n) is 13.4. The summed E-state index contributed by atoms with van der Waals surface area (Å²) in [5.41, 5.74) is 1.15. The van der Waals surface area contributed by atoms with Gasteiger partial charge in [-0.1, -0.05) is 25.7 Å². The molecule has 1 aliphatic rings. The van der Waals surface area contributed by atoms with E-state index in [0.717, 1.165) is 37.1 Å². The number of nitrogens with zero attached hydrogens (tertiary/aromatic N) is 2. The number of nitrogens with one attached hydrogen (secondary N) is 1. The van der Waals surface area contributed by atoms with Crippen LogP contribution in [0.1, 0.15) is 62.9 Å². The first kappa shape index (κ1) is 16.0. The monoisotopic (exact) mass is 293 g/mol. The summed E-state index contributed by atoms with van der Waals surface area (Å²) in [6, 6.07) is 1.61. The van der Waals surface area contributed by atoms with Gasteiger partial charge in [0.1, 0.15) is 6.04 Å². The Hall–Kier alpha value is -1.36. The molecule has 1 fully saturated rings. The quantitative estimate of drug-likeness (QED) is 0.837. The summed E-state index contributed by atoms with van der Waals surface area (Å²) in [6.07, 6.45) is 6.00. The highest BCUT2D eigenvalue weighted by molar-refractivity contribution is 5.79. The second-order valence-electron chi connectivity index (χ2n) is 6.40. The van der Waals surface area contributed by atoms with Crippen LogP contribution in [-0.4, -0.2) is 32.9 Å². The lowest BCUT2D eigenvalue weighted by Gasteiger charge is -2.27. The van der Waals surface area contributed by atoms with Crippen molar-refractivity contribution in [2.24, 2.45) is 0 Å². The van der Waals surface area contributed by atoms with E-state index in [2.05, 4.69) is 10.4 Å². The van der Waals surface area contributed by atoms with Gasteiger partial charge in [0.15, 0.2) is 0 Å². The first-order valence-electron chi connectivity index (χ1n) is 7.94. The molecule has 1 unspecified atom stereocenters. The van der Waals surface area contributed by atoms with Gasteiger partial charge in [0.25, 0.3) is 0 Å². The first-order valence-corrected chi connectivity index (χ1v) is 7.94. The summed E-state index contributed by atoms with van der Waals surface area (Å²) < 4.78 is 1.74. The van der Waals surface area contributed by atoms with Crippen LogP contribution < -0.4 is 5.32 Å². The fraction of sp³-hybridized carbons (Fsp3) is 0.750. The van der Waals surface area contributed by atoms with Gasteiger partial charge in [-0.15, -0.1) is 0 Å². The van der Waals surface area contributed by atoms with Crippen LogP contribution >= 0.6 is 0 Å². The third-order valence-corrected chi connectivity index (χ3v) is 4.42. The zero-order valence-corrected chi connectivity index (χ0v) is 13.4. The summed E-state index contributed by atoms with van der Waals surface area (Å²) >= 11 is 0. The lowest BCUT2D eigenvalue weighted by Crippen LogP contribution is -2.44. The summed E-state index contributed by atoms with van der Waals surface area (Å²) in [6.45, 7) is 6.05. The minimum absolute atomic E-state index is 0.0844. The van der Waals surface area contributed by atoms with Crippen molar-refractivity contribution in [1.29, 1.82) is 0 Å². The number of aryl methyl sites for hydroxylation is 2. The highest BCUT2D eigenvalue weighted by Crippen LogP contribution is 2.26. The van der Waals surface area contributed by atoms with Gasteiger partial charge in [0.05, 0.1) is 11.3 Å². The summed E-state index contributed by atoms with van der Waals surface area (Å²) in [4.78, 5) is 12.3. The topological polar surface area (TPSA) is 67.2 Å². The van der Waals surface area contributed by atoms with Crippen molar-refractivity contribution in [2.45, 2.75) is 70.9 Å². The average molecular weight is 293 g/mol. The Balaban J connectivity index is 1.93. The third-order valence-electron chi connectivity index (χ3n) is 4.42. The van der Waals surface area contributed by atoms with Gasteiger partial charge >= 0.3 is 0 Å². The molecule has 1 heterocycles. The van der Waals surface area contributed by atoms with Crippen molar-refractivity contribution in [3.63, 3.8) is 0 Å². The molecule has 0 spiro atoms. The van der Waals surface area contributed by atoms with E-state index in [1.165, 1.54) is 12.8 Å². The van der Waals surface area contributed by atoms with Crippen molar-refractivity contribution in [3.8, 4) is 0 Å². The summed E-state index contributed by atoms with van der Waals surface area (Å²) in [5.74, 6) is -0.0844. The minimum atomic E-state index is -0.735. The van der Waals surface area contributed by atoms with Gasteiger partial charge in [-0.2, -0.15) is 5.10 Å². The number of hydrogen-bond acceptors (Lipinski definition) is 3. The SMILES string of the molecule is Cc1cc(C)n(C(C)C(=O)NCC2(O)CCCCCC2)n1. The number of carbonyl (C=O) groups is 1. The van der Waals surface area contributed by atoms with Crippen molar-refractivity contribution >= 4 is 5.91 Å². The summed E-state index contributed by atoms with van der Waals surface area (Å²) in [5, 5.41) is 17.8. The largest absolute Gasteiger partial charge is 0.388 e. The molecule has 118 valence electrons. The predicted octanol–water partition coefficient (Wildman–Crippen LogP) is 2.26. The molecule has 1 aliphatic carbocycles. The molecule has 1 atom stereocenters. The molecule has 2 rings (SSSR count). The molecule has 21 heavy (non-hydrogen) atoms. The molecular weight excluding hydrogens is 266 g/mol. The van der Waals surface area contributed by atoms with E-state index in [4.69, 9.17) is 0 Å². The van der Waals surface area contributed by atoms with Crippen LogP contribution in [0, 0.1) is 13.8 Å². The van der Waals surface area contributed by atoms with Crippen molar-refractivity contribution < 1.29 is 9.90 Å². The predicted molar refractivity (Wildman–Crippen MR) is 82.1 cm³/mol. The molecular formula is C16H27N3O2. The molecule has 0 radical (unpaired) electrons. The van der Waals surface area contributed by atoms with Gasteiger partial charge in [-0.05, 0) is 39.7 Å². The van der Waals surface area contributed by atoms with E-state index < -0.39 is 5.60 Å². The Morgan fingerprint density at radius 3 is 2.52 bits per heavy atom. The second-order valence-corrected chi connectivity index (χ2v) is 6.40. The van der Waals surface area contributed by atoms with E-state index in [1.54, 1.807) is 4.68 Å². The second kappa shape index (κ2) is 6.60. The highest BCUT2D eigenvalue weighted by Gasteiger charge is 2.29. The molecule has 1 aromatic heterocycles. The van der Waals surface area contributed by atoms with Crippen LogP contribution in [0.25, 0.3) is 0 Å². The van der Waals surface area contributed by atoms with Crippen molar-refractivity contribution in [3.05, 3.63) is 17.5 Å². The van der Waals surface area contributed by atoms with Gasteiger partial charge in [0, 0.05) is 12.2 Å². The maximum Gasteiger partial charge on any atom is 0.244 e. The van der Waals surface area contributed by atoms with Crippen LogP contribution in [0.3, 0.4) is 0 Å². The molecule has 2 N–H and O–H groups in total. The van der Waals surface area contributed by atoms with Gasteiger partial charge in [0.2, 0.25) is 5.91 Å². The van der Waals surface area contributed by atoms with E-state index >= 15 is 0 Å². The normalized spacial score (nSPS) is 19.8. The summed E-state index contributed by atoms with van der Waals surface area (Å²) in [7, 11) is 0. The maximum absolute atomic E-state index is 12.3. The molecule has 0 aromatic carbocycles. The number of hydrogen-bond donors (Lipinski definition) is 2. The van der Waals surface area contributed by atoms with Gasteiger partial charge in [-0.3, -0.25) is 9.48 Å². The van der Waals surface area contributed by atoms with Crippen LogP contribution in [0.2, 0.25) is 0 Å². The Kier molecular flexibility index (Phi) is 5.04. The number of rotatable bonds is 4. The van der Waals surface area contributed by atoms with E-state index in [1.807, 2.05) is 26.8 Å². The molecule has 0 aliphatic heterocycles. The fourth-order valence-electron chi connectivity index (χ4n) is 3.11. The smallest absolute Gasteiger partial charge is 0.244 e. The van der Waals surface area contributed by atoms with Crippen LogP contribution in [0.4, 0.5) is 0 Å². The Labute approximate surface area is 126 Å². The standard InChI is InChI=1S/C16H27N3O2/c1-12-10-13(2)19(18-12)14(3)15(20)17-11-16(21)8-6-4-5-7-9-16/h10,14,21H,4-9,11H2,1-3H3,(H,17,20). The fourth-order valence-corrected chi connectivity index (χ4v) is 3.11. The third kappa shape index (κ3) is 4.06. The van der Waals surface area contributed by atoms with Crippen LogP contribution in [0.5, 0.6) is 0 Å². The van der Waals surface area contributed by atoms with E-state index in [-0.39, 0.29) is 11.9 Å². The zero-order chi connectivity index (χ0) is 15.5. The number of amides is 1. The van der Waals surface area contributed by atoms with Gasteiger partial charge < -0.3 is 10.4 Å². The van der Waals surface area contributed by atoms with E-state index in [9.17, 15) is 9.90 Å².